The zero-order chi connectivity index (χ0) is 37.8. The van der Waals surface area contributed by atoms with E-state index in [0.29, 0.717) is 0 Å². The summed E-state index contributed by atoms with van der Waals surface area (Å²) in [5.74, 6) is 0. The molecule has 0 saturated heterocycles. The molecule has 6 aromatic rings. The number of aryl methyl sites for hydroxylation is 8. The van der Waals surface area contributed by atoms with Crippen LogP contribution in [0, 0.1) is 0 Å². The maximum absolute atomic E-state index is 2.31. The van der Waals surface area contributed by atoms with E-state index in [2.05, 4.69) is 185 Å². The monoisotopic (exact) mass is 882 g/mol. The van der Waals surface area contributed by atoms with E-state index in [4.69, 9.17) is 0 Å². The van der Waals surface area contributed by atoms with Crippen LogP contribution in [0.15, 0.2) is 133 Å². The standard InChI is InChI=1S/4C9H11.2C7H8Si.2ClH.2Ti/c4*1-2-5-9-7-3-6-8(9)4-1;2*1-8-7-5-3-2-4-6-7;;;;/h4*3,6-7H,1-2,4-5H2;2*2-6H,1H3;2*1H;;/q4*-1;;;;;2*+2/p-2. The molecule has 0 amide bonds. The van der Waals surface area contributed by atoms with E-state index >= 15 is 0 Å². The second-order valence-corrected chi connectivity index (χ2v) is 25.8. The zero-order valence-electron chi connectivity index (χ0n) is 33.8. The minimum absolute atomic E-state index is 0. The predicted octanol–water partition coefficient (Wildman–Crippen LogP) is 5.27. The van der Waals surface area contributed by atoms with Crippen LogP contribution in [0.4, 0.5) is 0 Å². The van der Waals surface area contributed by atoms with Crippen molar-refractivity contribution in [2.75, 3.05) is 0 Å². The number of halogens is 2. The first-order valence-electron chi connectivity index (χ1n) is 20.6. The van der Waals surface area contributed by atoms with Gasteiger partial charge < -0.3 is 24.8 Å². The molecule has 6 aromatic carbocycles. The van der Waals surface area contributed by atoms with Crippen LogP contribution in [0.25, 0.3) is 0 Å². The molecule has 56 heavy (non-hydrogen) atoms. The Labute approximate surface area is 376 Å². The van der Waals surface area contributed by atoms with Gasteiger partial charge in [-0.15, -0.1) is 0 Å². The number of fused-ring (bicyclic) bond motifs is 4. The van der Waals surface area contributed by atoms with Gasteiger partial charge in [0.05, 0.1) is 0 Å². The van der Waals surface area contributed by atoms with Gasteiger partial charge in [-0.1, -0.05) is 103 Å². The van der Waals surface area contributed by atoms with Crippen molar-refractivity contribution in [2.24, 2.45) is 0 Å². The SMILES string of the molecule is C[Si](=[Ti+2])c1ccccc1.C[Si](=[Ti+2])c1ccccc1.[Cl-].[Cl-].c1cc2c([cH-]1)CCCC2.c1cc2c([cH-]1)CCCC2.c1cc2c([cH-]1)CCCC2.c1cc2c([cH-]1)CCCC2. The van der Waals surface area contributed by atoms with E-state index in [0.717, 1.165) is 0 Å². The number of benzene rings is 2. The summed E-state index contributed by atoms with van der Waals surface area (Å²) in [7, 11) is 0. The molecule has 0 aromatic heterocycles. The van der Waals surface area contributed by atoms with Gasteiger partial charge in [-0.2, -0.15) is 93.0 Å². The van der Waals surface area contributed by atoms with Gasteiger partial charge in [-0.05, 0) is 0 Å². The van der Waals surface area contributed by atoms with E-state index in [-0.39, 0.29) is 37.2 Å². The molecule has 10 rings (SSSR count). The van der Waals surface area contributed by atoms with Gasteiger partial charge in [0.2, 0.25) is 0 Å². The summed E-state index contributed by atoms with van der Waals surface area (Å²) in [6.45, 7) is 4.61. The van der Waals surface area contributed by atoms with Crippen LogP contribution < -0.4 is 35.2 Å². The molecule has 0 radical (unpaired) electrons. The molecule has 0 saturated carbocycles. The predicted molar refractivity (Wildman–Crippen MR) is 230 cm³/mol. The van der Waals surface area contributed by atoms with Crippen LogP contribution in [0.2, 0.25) is 13.1 Å². The van der Waals surface area contributed by atoms with Crippen LogP contribution >= 0.6 is 0 Å². The topological polar surface area (TPSA) is 0 Å². The quantitative estimate of drug-likeness (QED) is 0.165. The van der Waals surface area contributed by atoms with E-state index in [9.17, 15) is 0 Å². The van der Waals surface area contributed by atoms with Crippen LogP contribution in [-0.2, 0) is 89.7 Å². The van der Waals surface area contributed by atoms with E-state index in [1.165, 1.54) is 113 Å². The Morgan fingerprint density at radius 2 is 0.589 bits per heavy atom. The molecule has 0 fully saturated rings. The smallest absolute Gasteiger partial charge is 0.0512 e. The van der Waals surface area contributed by atoms with Crippen molar-refractivity contribution in [2.45, 2.75) is 116 Å². The summed E-state index contributed by atoms with van der Waals surface area (Å²) in [5.41, 5.74) is 12.8. The average molecular weight is 884 g/mol. The zero-order valence-corrected chi connectivity index (χ0v) is 40.4. The second-order valence-electron chi connectivity index (χ2n) is 15.1. The first kappa shape index (κ1) is 48.6. The Morgan fingerprint density at radius 3 is 0.786 bits per heavy atom. The largest absolute Gasteiger partial charge is 1.00 e. The van der Waals surface area contributed by atoms with Crippen molar-refractivity contribution in [3.8, 4) is 0 Å². The number of rotatable bonds is 2. The molecule has 4 aliphatic carbocycles. The van der Waals surface area contributed by atoms with Gasteiger partial charge in [-0.3, -0.25) is 0 Å². The first-order chi connectivity index (χ1) is 26.5. The van der Waals surface area contributed by atoms with Crippen molar-refractivity contribution in [1.29, 1.82) is 0 Å². The Morgan fingerprint density at radius 1 is 0.357 bits per heavy atom. The molecule has 6 heteroatoms. The fourth-order valence-electron chi connectivity index (χ4n) is 7.83. The van der Waals surface area contributed by atoms with Crippen LogP contribution in [0.1, 0.15) is 95.9 Å². The van der Waals surface area contributed by atoms with E-state index in [1.807, 2.05) is 0 Å². The van der Waals surface area contributed by atoms with Crippen molar-refractivity contribution in [1.82, 2.24) is 0 Å². The molecule has 0 unspecified atom stereocenters. The molecule has 4 aliphatic rings. The third-order valence-electron chi connectivity index (χ3n) is 11.0. The molecule has 0 nitrogen and oxygen atoms in total. The summed E-state index contributed by atoms with van der Waals surface area (Å²) >= 11 is 4.61. The third kappa shape index (κ3) is 16.9. The number of hydrogen-bond donors (Lipinski definition) is 0. The van der Waals surface area contributed by atoms with Crippen molar-refractivity contribution in [3.05, 3.63) is 178 Å². The summed E-state index contributed by atoms with van der Waals surface area (Å²) < 4.78 is 0. The van der Waals surface area contributed by atoms with Gasteiger partial charge in [-0.25, -0.2) is 24.3 Å². The normalized spacial score (nSPS) is 14.1. The minimum Gasteiger partial charge on any atom is -1.00 e. The second kappa shape index (κ2) is 27.9. The molecule has 0 heterocycles. The maximum atomic E-state index is 2.31. The van der Waals surface area contributed by atoms with Crippen molar-refractivity contribution >= 4 is 22.7 Å². The Balaban J connectivity index is 0.000000179. The van der Waals surface area contributed by atoms with Crippen molar-refractivity contribution in [3.63, 3.8) is 0 Å². The molecular formula is C50H60Cl2Si2Ti2-2. The summed E-state index contributed by atoms with van der Waals surface area (Å²) in [6, 6.07) is 48.1. The molecule has 292 valence electrons. The fourth-order valence-corrected chi connectivity index (χ4v) is 10.8. The number of hydrogen-bond acceptors (Lipinski definition) is 0. The minimum atomic E-state index is -0.212. The van der Waals surface area contributed by atoms with E-state index in [1.54, 1.807) is 44.5 Å². The Hall–Kier alpha value is -1.72. The molecule has 0 N–H and O–H groups in total. The maximum Gasteiger partial charge on any atom is -0.0512 e. The van der Waals surface area contributed by atoms with E-state index < -0.39 is 0 Å². The molecule has 0 spiro atoms. The fraction of sp³-hybridized carbons (Fsp3) is 0.360. The van der Waals surface area contributed by atoms with Gasteiger partial charge in [0.25, 0.3) is 0 Å². The van der Waals surface area contributed by atoms with Gasteiger partial charge in [0.15, 0.2) is 0 Å². The van der Waals surface area contributed by atoms with Gasteiger partial charge in [0.1, 0.15) is 0 Å². The van der Waals surface area contributed by atoms with Crippen molar-refractivity contribution < 1.29 is 63.2 Å². The van der Waals surface area contributed by atoms with Crippen LogP contribution in [0.5, 0.6) is 0 Å². The summed E-state index contributed by atoms with van der Waals surface area (Å²) in [5, 5.41) is 3.03. The van der Waals surface area contributed by atoms with Crippen LogP contribution in [-0.4, -0.2) is 12.4 Å². The van der Waals surface area contributed by atoms with Crippen LogP contribution in [0.3, 0.4) is 0 Å². The molecular weight excluding hydrogens is 823 g/mol. The Bertz CT molecular complexity index is 1630. The molecule has 0 atom stereocenters. The first-order valence-corrected chi connectivity index (χ1v) is 29.3. The summed E-state index contributed by atoms with van der Waals surface area (Å²) in [6.07, 6.45) is 21.3. The third-order valence-corrected chi connectivity index (χ3v) is 16.1. The molecule has 0 aliphatic heterocycles. The Kier molecular flexibility index (Phi) is 24.2. The van der Waals surface area contributed by atoms with Gasteiger partial charge in [0, 0.05) is 0 Å². The molecule has 0 bridgehead atoms. The summed E-state index contributed by atoms with van der Waals surface area (Å²) in [4.78, 5) is 0. The van der Waals surface area contributed by atoms with Gasteiger partial charge >= 0.3 is 135 Å². The average Bonchev–Trinajstić information content (AvgIpc) is 4.07.